The molecule has 0 bridgehead atoms. The lowest BCUT2D eigenvalue weighted by molar-refractivity contribution is -0.113. The fourth-order valence-electron chi connectivity index (χ4n) is 2.55. The van der Waals surface area contributed by atoms with E-state index in [0.717, 1.165) is 42.7 Å². The zero-order valence-corrected chi connectivity index (χ0v) is 14.6. The molecular formula is C18H21N3O2S. The standard InChI is InChI=1S/C18H21N3O2S/c1-3-12-23-15-7-5-4-6-14(15)13-16-17(22)19-18(24-16)21-10-8-20(2)9-11-21/h3-7,13H,1,8-12H2,2H3. The molecule has 0 aliphatic carbocycles. The van der Waals surface area contributed by atoms with Gasteiger partial charge in [0.15, 0.2) is 5.17 Å². The minimum atomic E-state index is -0.174. The molecule has 2 aliphatic heterocycles. The van der Waals surface area contributed by atoms with Crippen LogP contribution < -0.4 is 4.74 Å². The summed E-state index contributed by atoms with van der Waals surface area (Å²) < 4.78 is 5.65. The van der Waals surface area contributed by atoms with E-state index in [-0.39, 0.29) is 5.91 Å². The largest absolute Gasteiger partial charge is 0.489 e. The van der Waals surface area contributed by atoms with E-state index in [4.69, 9.17) is 4.74 Å². The number of hydrogen-bond acceptors (Lipinski definition) is 5. The highest BCUT2D eigenvalue weighted by atomic mass is 32.2. The number of aliphatic imine (C=N–C) groups is 1. The van der Waals surface area contributed by atoms with Crippen LogP contribution in [0.2, 0.25) is 0 Å². The Morgan fingerprint density at radius 3 is 2.79 bits per heavy atom. The molecule has 2 aliphatic rings. The summed E-state index contributed by atoms with van der Waals surface area (Å²) in [6, 6.07) is 7.67. The molecule has 1 fully saturated rings. The molecule has 24 heavy (non-hydrogen) atoms. The SMILES string of the molecule is C=CCOc1ccccc1C=C1SC(N2CCN(C)CC2)=NC1=O. The molecule has 1 saturated heterocycles. The van der Waals surface area contributed by atoms with Crippen molar-refractivity contribution in [3.05, 3.63) is 47.4 Å². The van der Waals surface area contributed by atoms with Crippen LogP contribution in [-0.2, 0) is 4.79 Å². The average Bonchev–Trinajstić information content (AvgIpc) is 2.95. The normalized spacial score (nSPS) is 20.4. The number of piperazine rings is 1. The number of nitrogens with zero attached hydrogens (tertiary/aromatic N) is 3. The highest BCUT2D eigenvalue weighted by Crippen LogP contribution is 2.32. The average molecular weight is 343 g/mol. The number of amides is 1. The maximum absolute atomic E-state index is 12.3. The van der Waals surface area contributed by atoms with Gasteiger partial charge in [-0.3, -0.25) is 4.79 Å². The third kappa shape index (κ3) is 3.88. The van der Waals surface area contributed by atoms with Gasteiger partial charge in [0.1, 0.15) is 12.4 Å². The Balaban J connectivity index is 1.74. The molecule has 0 aromatic heterocycles. The summed E-state index contributed by atoms with van der Waals surface area (Å²) in [7, 11) is 2.11. The molecule has 6 heteroatoms. The van der Waals surface area contributed by atoms with E-state index in [0.29, 0.717) is 11.5 Å². The first-order chi connectivity index (χ1) is 11.7. The molecule has 1 aromatic carbocycles. The van der Waals surface area contributed by atoms with Gasteiger partial charge in [-0.15, -0.1) is 0 Å². The second-order valence-electron chi connectivity index (χ2n) is 5.74. The number of likely N-dealkylation sites (N-methyl/N-ethyl adjacent to an activating group) is 1. The van der Waals surface area contributed by atoms with Gasteiger partial charge < -0.3 is 14.5 Å². The van der Waals surface area contributed by atoms with E-state index >= 15 is 0 Å². The van der Waals surface area contributed by atoms with Crippen LogP contribution in [0, 0.1) is 0 Å². The van der Waals surface area contributed by atoms with Crippen LogP contribution in [-0.4, -0.2) is 60.7 Å². The Bertz CT molecular complexity index is 691. The molecule has 1 aromatic rings. The topological polar surface area (TPSA) is 45.1 Å². The quantitative estimate of drug-likeness (QED) is 0.621. The molecule has 1 amide bonds. The minimum absolute atomic E-state index is 0.174. The van der Waals surface area contributed by atoms with Gasteiger partial charge in [0.25, 0.3) is 5.91 Å². The number of amidine groups is 1. The summed E-state index contributed by atoms with van der Waals surface area (Å²) in [6.07, 6.45) is 3.56. The summed E-state index contributed by atoms with van der Waals surface area (Å²) in [4.78, 5) is 21.6. The van der Waals surface area contributed by atoms with Crippen molar-refractivity contribution in [2.75, 3.05) is 39.8 Å². The number of rotatable bonds is 4. The van der Waals surface area contributed by atoms with Gasteiger partial charge in [-0.2, -0.15) is 4.99 Å². The van der Waals surface area contributed by atoms with Crippen LogP contribution >= 0.6 is 11.8 Å². The predicted molar refractivity (Wildman–Crippen MR) is 99.2 cm³/mol. The van der Waals surface area contributed by atoms with Crippen LogP contribution in [0.3, 0.4) is 0 Å². The van der Waals surface area contributed by atoms with Crippen molar-refractivity contribution in [2.45, 2.75) is 0 Å². The van der Waals surface area contributed by atoms with Crippen molar-refractivity contribution in [1.29, 1.82) is 0 Å². The molecule has 3 rings (SSSR count). The van der Waals surface area contributed by atoms with Crippen molar-refractivity contribution in [3.8, 4) is 5.75 Å². The zero-order chi connectivity index (χ0) is 16.9. The van der Waals surface area contributed by atoms with Crippen LogP contribution in [0.4, 0.5) is 0 Å². The van der Waals surface area contributed by atoms with Gasteiger partial charge in [0.2, 0.25) is 0 Å². The second kappa shape index (κ2) is 7.68. The van der Waals surface area contributed by atoms with Crippen LogP contribution in [0.15, 0.2) is 46.8 Å². The first kappa shape index (κ1) is 16.8. The Morgan fingerprint density at radius 2 is 2.04 bits per heavy atom. The summed E-state index contributed by atoms with van der Waals surface area (Å²) in [5.41, 5.74) is 0.880. The number of ether oxygens (including phenoxy) is 1. The van der Waals surface area contributed by atoms with Crippen molar-refractivity contribution in [2.24, 2.45) is 4.99 Å². The number of benzene rings is 1. The Labute approximate surface area is 146 Å². The first-order valence-electron chi connectivity index (χ1n) is 7.96. The summed E-state index contributed by atoms with van der Waals surface area (Å²) in [6.45, 7) is 7.89. The predicted octanol–water partition coefficient (Wildman–Crippen LogP) is 2.47. The first-order valence-corrected chi connectivity index (χ1v) is 8.78. The van der Waals surface area contributed by atoms with Gasteiger partial charge in [-0.05, 0) is 31.0 Å². The van der Waals surface area contributed by atoms with Crippen LogP contribution in [0.25, 0.3) is 6.08 Å². The molecular weight excluding hydrogens is 322 g/mol. The number of para-hydroxylation sites is 1. The van der Waals surface area contributed by atoms with Crippen molar-refractivity contribution < 1.29 is 9.53 Å². The molecule has 0 spiro atoms. The van der Waals surface area contributed by atoms with E-state index in [9.17, 15) is 4.79 Å². The fourth-order valence-corrected chi connectivity index (χ4v) is 3.51. The molecule has 5 nitrogen and oxygen atoms in total. The highest BCUT2D eigenvalue weighted by Gasteiger charge is 2.27. The van der Waals surface area contributed by atoms with E-state index in [2.05, 4.69) is 28.4 Å². The van der Waals surface area contributed by atoms with Gasteiger partial charge in [0, 0.05) is 31.7 Å². The van der Waals surface area contributed by atoms with E-state index in [1.54, 1.807) is 6.08 Å². The monoisotopic (exact) mass is 343 g/mol. The Morgan fingerprint density at radius 1 is 1.29 bits per heavy atom. The van der Waals surface area contributed by atoms with Gasteiger partial charge >= 0.3 is 0 Å². The van der Waals surface area contributed by atoms with Crippen molar-refractivity contribution >= 4 is 28.9 Å². The lowest BCUT2D eigenvalue weighted by atomic mass is 10.2. The number of thioether (sulfide) groups is 1. The summed E-state index contributed by atoms with van der Waals surface area (Å²) in [5.74, 6) is 0.568. The summed E-state index contributed by atoms with van der Waals surface area (Å²) >= 11 is 1.45. The number of carbonyl (C=O) groups excluding carboxylic acids is 1. The van der Waals surface area contributed by atoms with E-state index < -0.39 is 0 Å². The number of carbonyl (C=O) groups is 1. The summed E-state index contributed by atoms with van der Waals surface area (Å²) in [5, 5.41) is 0.809. The second-order valence-corrected chi connectivity index (χ2v) is 6.75. The molecule has 2 heterocycles. The lowest BCUT2D eigenvalue weighted by Crippen LogP contribution is -2.46. The smallest absolute Gasteiger partial charge is 0.286 e. The van der Waals surface area contributed by atoms with Gasteiger partial charge in [-0.25, -0.2) is 0 Å². The number of hydrogen-bond donors (Lipinski definition) is 0. The molecule has 126 valence electrons. The molecule has 0 saturated carbocycles. The van der Waals surface area contributed by atoms with Gasteiger partial charge in [0.05, 0.1) is 4.91 Å². The maximum Gasteiger partial charge on any atom is 0.286 e. The zero-order valence-electron chi connectivity index (χ0n) is 13.8. The maximum atomic E-state index is 12.3. The molecule has 0 unspecified atom stereocenters. The van der Waals surface area contributed by atoms with Crippen LogP contribution in [0.5, 0.6) is 5.75 Å². The van der Waals surface area contributed by atoms with E-state index in [1.165, 1.54) is 11.8 Å². The highest BCUT2D eigenvalue weighted by molar-refractivity contribution is 8.18. The lowest BCUT2D eigenvalue weighted by Gasteiger charge is -2.32. The molecule has 0 atom stereocenters. The molecule has 0 N–H and O–H groups in total. The van der Waals surface area contributed by atoms with Crippen molar-refractivity contribution in [1.82, 2.24) is 9.80 Å². The molecule has 0 radical (unpaired) electrons. The Kier molecular flexibility index (Phi) is 5.37. The van der Waals surface area contributed by atoms with Crippen LogP contribution in [0.1, 0.15) is 5.56 Å². The third-order valence-corrected chi connectivity index (χ3v) is 4.99. The fraction of sp³-hybridized carbons (Fsp3) is 0.333. The van der Waals surface area contributed by atoms with Gasteiger partial charge in [-0.1, -0.05) is 30.9 Å². The minimum Gasteiger partial charge on any atom is -0.489 e. The van der Waals surface area contributed by atoms with E-state index in [1.807, 2.05) is 30.3 Å². The van der Waals surface area contributed by atoms with Crippen molar-refractivity contribution in [3.63, 3.8) is 0 Å². The Hall–Kier alpha value is -2.05. The third-order valence-electron chi connectivity index (χ3n) is 3.95.